The van der Waals surface area contributed by atoms with Crippen LogP contribution in [0, 0.1) is 5.82 Å². The van der Waals surface area contributed by atoms with Crippen molar-refractivity contribution in [3.63, 3.8) is 0 Å². The second kappa shape index (κ2) is 7.08. The van der Waals surface area contributed by atoms with E-state index in [4.69, 9.17) is 0 Å². The first-order valence-electron chi connectivity index (χ1n) is 6.35. The van der Waals surface area contributed by atoms with E-state index in [0.717, 1.165) is 11.3 Å². The Hall–Kier alpha value is -2.08. The van der Waals surface area contributed by atoms with E-state index < -0.39 is 6.61 Å². The highest BCUT2D eigenvalue weighted by Crippen LogP contribution is 2.16. The van der Waals surface area contributed by atoms with E-state index in [1.54, 1.807) is 18.2 Å². The third-order valence-electron chi connectivity index (χ3n) is 2.82. The Morgan fingerprint density at radius 1 is 1.10 bits per heavy atom. The van der Waals surface area contributed by atoms with Gasteiger partial charge < -0.3 is 4.74 Å². The Labute approximate surface area is 121 Å². The van der Waals surface area contributed by atoms with Gasteiger partial charge in [0, 0.05) is 13.1 Å². The summed E-state index contributed by atoms with van der Waals surface area (Å²) in [4.78, 5) is 5.98. The molecular formula is C15H15F3N2O. The quantitative estimate of drug-likeness (QED) is 0.816. The van der Waals surface area contributed by atoms with E-state index in [-0.39, 0.29) is 11.6 Å². The summed E-state index contributed by atoms with van der Waals surface area (Å²) >= 11 is 0. The highest BCUT2D eigenvalue weighted by atomic mass is 19.3. The van der Waals surface area contributed by atoms with Gasteiger partial charge in [0.15, 0.2) is 0 Å². The van der Waals surface area contributed by atoms with Crippen LogP contribution >= 0.6 is 0 Å². The summed E-state index contributed by atoms with van der Waals surface area (Å²) < 4.78 is 41.1. The van der Waals surface area contributed by atoms with Crippen molar-refractivity contribution in [2.75, 3.05) is 7.05 Å². The van der Waals surface area contributed by atoms with Gasteiger partial charge >= 0.3 is 6.61 Å². The Morgan fingerprint density at radius 2 is 1.81 bits per heavy atom. The maximum atomic E-state index is 12.8. The molecule has 0 aliphatic heterocycles. The van der Waals surface area contributed by atoms with Crippen LogP contribution in [0.25, 0.3) is 0 Å². The number of pyridine rings is 1. The Bertz CT molecular complexity index is 558. The van der Waals surface area contributed by atoms with E-state index in [2.05, 4.69) is 9.72 Å². The minimum absolute atomic E-state index is 0.136. The smallest absolute Gasteiger partial charge is 0.387 e. The second-order valence-electron chi connectivity index (χ2n) is 4.66. The van der Waals surface area contributed by atoms with Gasteiger partial charge in [0.2, 0.25) is 0 Å². The summed E-state index contributed by atoms with van der Waals surface area (Å²) in [6, 6.07) is 9.47. The number of ether oxygens (including phenoxy) is 1. The van der Waals surface area contributed by atoms with Gasteiger partial charge in [-0.15, -0.1) is 0 Å². The summed E-state index contributed by atoms with van der Waals surface area (Å²) in [5.74, 6) is -0.229. The summed E-state index contributed by atoms with van der Waals surface area (Å²) in [5, 5.41) is 0. The second-order valence-corrected chi connectivity index (χ2v) is 4.66. The van der Waals surface area contributed by atoms with Crippen LogP contribution in [0.4, 0.5) is 13.2 Å². The number of benzene rings is 1. The largest absolute Gasteiger partial charge is 0.435 e. The molecule has 1 heterocycles. The lowest BCUT2D eigenvalue weighted by molar-refractivity contribution is -0.0498. The summed E-state index contributed by atoms with van der Waals surface area (Å²) in [5.41, 5.74) is 1.72. The molecule has 0 radical (unpaired) electrons. The summed E-state index contributed by atoms with van der Waals surface area (Å²) in [6.07, 6.45) is 1.18. The van der Waals surface area contributed by atoms with E-state index in [1.807, 2.05) is 11.9 Å². The number of aromatic nitrogens is 1. The van der Waals surface area contributed by atoms with Crippen molar-refractivity contribution in [1.82, 2.24) is 9.88 Å². The molecule has 2 rings (SSSR count). The predicted octanol–water partition coefficient (Wildman–Crippen LogP) is 3.45. The topological polar surface area (TPSA) is 25.4 Å². The van der Waals surface area contributed by atoms with Gasteiger partial charge in [0.1, 0.15) is 11.6 Å². The third kappa shape index (κ3) is 5.07. The highest BCUT2D eigenvalue weighted by Gasteiger charge is 2.06. The zero-order valence-electron chi connectivity index (χ0n) is 11.5. The average Bonchev–Trinajstić information content (AvgIpc) is 2.43. The molecule has 0 amide bonds. The summed E-state index contributed by atoms with van der Waals surface area (Å²) in [7, 11) is 1.90. The molecule has 0 N–H and O–H groups in total. The minimum Gasteiger partial charge on any atom is -0.435 e. The molecule has 0 unspecified atom stereocenters. The summed E-state index contributed by atoms with van der Waals surface area (Å²) in [6.45, 7) is -1.63. The molecule has 0 saturated heterocycles. The Kier molecular flexibility index (Phi) is 5.16. The molecule has 1 aromatic carbocycles. The lowest BCUT2D eigenvalue weighted by atomic mass is 10.2. The number of rotatable bonds is 6. The van der Waals surface area contributed by atoms with Crippen molar-refractivity contribution in [2.24, 2.45) is 0 Å². The number of halogens is 3. The maximum Gasteiger partial charge on any atom is 0.387 e. The zero-order valence-corrected chi connectivity index (χ0v) is 11.5. The van der Waals surface area contributed by atoms with Gasteiger partial charge in [-0.05, 0) is 36.9 Å². The fraction of sp³-hybridized carbons (Fsp3) is 0.267. The zero-order chi connectivity index (χ0) is 15.2. The van der Waals surface area contributed by atoms with Gasteiger partial charge in [-0.25, -0.2) is 4.39 Å². The lowest BCUT2D eigenvalue weighted by Crippen LogP contribution is -2.18. The molecule has 3 nitrogen and oxygen atoms in total. The standard InChI is InChI=1S/C15H15F3N2O/c1-20(10-13-5-4-12(16)8-19-13)9-11-2-6-14(7-3-11)21-15(17)18/h2-8,15H,9-10H2,1H3. The molecule has 0 aliphatic carbocycles. The monoisotopic (exact) mass is 296 g/mol. The Balaban J connectivity index is 1.90. The molecule has 21 heavy (non-hydrogen) atoms. The van der Waals surface area contributed by atoms with Crippen molar-refractivity contribution in [1.29, 1.82) is 0 Å². The van der Waals surface area contributed by atoms with Crippen LogP contribution in [0.15, 0.2) is 42.6 Å². The van der Waals surface area contributed by atoms with Gasteiger partial charge in [-0.1, -0.05) is 12.1 Å². The van der Waals surface area contributed by atoms with Crippen LogP contribution in [-0.4, -0.2) is 23.5 Å². The molecule has 0 saturated carbocycles. The first-order chi connectivity index (χ1) is 10.0. The maximum absolute atomic E-state index is 12.8. The van der Waals surface area contributed by atoms with E-state index in [0.29, 0.717) is 13.1 Å². The third-order valence-corrected chi connectivity index (χ3v) is 2.82. The van der Waals surface area contributed by atoms with Crippen molar-refractivity contribution in [3.8, 4) is 5.75 Å². The van der Waals surface area contributed by atoms with Crippen LogP contribution in [0.5, 0.6) is 5.75 Å². The SMILES string of the molecule is CN(Cc1ccc(OC(F)F)cc1)Cc1ccc(F)cn1. The molecular weight excluding hydrogens is 281 g/mol. The highest BCUT2D eigenvalue weighted by molar-refractivity contribution is 5.27. The molecule has 112 valence electrons. The van der Waals surface area contributed by atoms with Crippen LogP contribution < -0.4 is 4.74 Å². The van der Waals surface area contributed by atoms with Gasteiger partial charge in [0.25, 0.3) is 0 Å². The van der Waals surface area contributed by atoms with Crippen molar-refractivity contribution >= 4 is 0 Å². The molecule has 0 atom stereocenters. The van der Waals surface area contributed by atoms with E-state index in [1.165, 1.54) is 24.4 Å². The number of hydrogen-bond acceptors (Lipinski definition) is 3. The molecule has 0 spiro atoms. The van der Waals surface area contributed by atoms with Crippen molar-refractivity contribution < 1.29 is 17.9 Å². The number of hydrogen-bond donors (Lipinski definition) is 0. The fourth-order valence-electron chi connectivity index (χ4n) is 1.92. The van der Waals surface area contributed by atoms with Crippen LogP contribution in [0.3, 0.4) is 0 Å². The first kappa shape index (κ1) is 15.3. The van der Waals surface area contributed by atoms with Gasteiger partial charge in [-0.2, -0.15) is 8.78 Å². The fourth-order valence-corrected chi connectivity index (χ4v) is 1.92. The molecule has 6 heteroatoms. The van der Waals surface area contributed by atoms with E-state index >= 15 is 0 Å². The first-order valence-corrected chi connectivity index (χ1v) is 6.35. The lowest BCUT2D eigenvalue weighted by Gasteiger charge is -2.16. The molecule has 2 aromatic rings. The minimum atomic E-state index is -2.82. The average molecular weight is 296 g/mol. The van der Waals surface area contributed by atoms with Crippen molar-refractivity contribution in [2.45, 2.75) is 19.7 Å². The Morgan fingerprint density at radius 3 is 2.38 bits per heavy atom. The predicted molar refractivity (Wildman–Crippen MR) is 72.4 cm³/mol. The number of alkyl halides is 2. The van der Waals surface area contributed by atoms with Crippen LogP contribution in [-0.2, 0) is 13.1 Å². The molecule has 1 aromatic heterocycles. The van der Waals surface area contributed by atoms with Gasteiger partial charge in [-0.3, -0.25) is 9.88 Å². The van der Waals surface area contributed by atoms with E-state index in [9.17, 15) is 13.2 Å². The molecule has 0 bridgehead atoms. The van der Waals surface area contributed by atoms with Gasteiger partial charge in [0.05, 0.1) is 11.9 Å². The van der Waals surface area contributed by atoms with Crippen molar-refractivity contribution in [3.05, 3.63) is 59.7 Å². The molecule has 0 aliphatic rings. The van der Waals surface area contributed by atoms with Crippen LogP contribution in [0.1, 0.15) is 11.3 Å². The van der Waals surface area contributed by atoms with Crippen LogP contribution in [0.2, 0.25) is 0 Å². The number of nitrogens with zero attached hydrogens (tertiary/aromatic N) is 2. The normalized spacial score (nSPS) is 11.1. The molecule has 0 fully saturated rings.